The van der Waals surface area contributed by atoms with E-state index in [0.717, 1.165) is 5.56 Å². The number of ether oxygens (including phenoxy) is 3. The molecular formula is C14H23ClN2O4. The zero-order chi connectivity index (χ0) is 15.1. The molecule has 7 heteroatoms. The lowest BCUT2D eigenvalue weighted by Gasteiger charge is -2.15. The average molecular weight is 319 g/mol. The fraction of sp³-hybridized carbons (Fsp3) is 0.500. The van der Waals surface area contributed by atoms with Gasteiger partial charge in [0.2, 0.25) is 5.91 Å². The van der Waals surface area contributed by atoms with Gasteiger partial charge in [-0.05, 0) is 13.0 Å². The number of amides is 1. The molecule has 6 nitrogen and oxygen atoms in total. The van der Waals surface area contributed by atoms with E-state index in [2.05, 4.69) is 5.32 Å². The Morgan fingerprint density at radius 1 is 1.14 bits per heavy atom. The molecule has 0 saturated heterocycles. The fourth-order valence-corrected chi connectivity index (χ4v) is 1.79. The summed E-state index contributed by atoms with van der Waals surface area (Å²) in [6.07, 6.45) is 0.287. The first kappa shape index (κ1) is 19.3. The van der Waals surface area contributed by atoms with E-state index < -0.39 is 0 Å². The summed E-state index contributed by atoms with van der Waals surface area (Å²) in [6.45, 7) is 2.13. The van der Waals surface area contributed by atoms with Crippen molar-refractivity contribution in [3.63, 3.8) is 0 Å². The first-order chi connectivity index (χ1) is 9.51. The highest BCUT2D eigenvalue weighted by atomic mass is 35.5. The summed E-state index contributed by atoms with van der Waals surface area (Å²) in [4.78, 5) is 11.6. The maximum atomic E-state index is 11.6. The van der Waals surface area contributed by atoms with Crippen molar-refractivity contribution in [1.29, 1.82) is 0 Å². The Labute approximate surface area is 131 Å². The van der Waals surface area contributed by atoms with Crippen molar-refractivity contribution >= 4 is 18.3 Å². The number of methoxy groups -OCH3 is 3. The van der Waals surface area contributed by atoms with E-state index in [0.29, 0.717) is 23.8 Å². The molecule has 0 aromatic heterocycles. The molecule has 0 bridgehead atoms. The van der Waals surface area contributed by atoms with Crippen molar-refractivity contribution in [3.05, 3.63) is 17.7 Å². The molecule has 1 aromatic carbocycles. The molecule has 0 aliphatic rings. The molecule has 1 rings (SSSR count). The molecule has 120 valence electrons. The topological polar surface area (TPSA) is 82.8 Å². The predicted octanol–water partition coefficient (Wildman–Crippen LogP) is 1.49. The summed E-state index contributed by atoms with van der Waals surface area (Å²) in [5.74, 6) is 1.69. The molecule has 0 spiro atoms. The van der Waals surface area contributed by atoms with Gasteiger partial charge in [0.15, 0.2) is 11.5 Å². The summed E-state index contributed by atoms with van der Waals surface area (Å²) in [5, 5.41) is 2.80. The minimum Gasteiger partial charge on any atom is -0.496 e. The summed E-state index contributed by atoms with van der Waals surface area (Å²) < 4.78 is 15.7. The van der Waals surface area contributed by atoms with Gasteiger partial charge in [-0.3, -0.25) is 4.79 Å². The highest BCUT2D eigenvalue weighted by Crippen LogP contribution is 2.34. The molecule has 1 unspecified atom stereocenters. The number of benzene rings is 1. The van der Waals surface area contributed by atoms with Crippen molar-refractivity contribution < 1.29 is 19.0 Å². The summed E-state index contributed by atoms with van der Waals surface area (Å²) >= 11 is 0. The van der Waals surface area contributed by atoms with Gasteiger partial charge >= 0.3 is 0 Å². The molecule has 0 radical (unpaired) electrons. The number of rotatable bonds is 7. The SMILES string of the molecule is COc1cc(OC)c(OC)cc1CNC(=O)CC(C)N.Cl. The summed E-state index contributed by atoms with van der Waals surface area (Å²) in [5.41, 5.74) is 6.39. The van der Waals surface area contributed by atoms with Crippen LogP contribution in [0.2, 0.25) is 0 Å². The predicted molar refractivity (Wildman–Crippen MR) is 83.5 cm³/mol. The van der Waals surface area contributed by atoms with Crippen LogP contribution in [0.4, 0.5) is 0 Å². The van der Waals surface area contributed by atoms with Gasteiger partial charge < -0.3 is 25.3 Å². The third kappa shape index (κ3) is 5.69. The number of hydrogen-bond acceptors (Lipinski definition) is 5. The molecule has 0 fully saturated rings. The molecule has 0 heterocycles. The van der Waals surface area contributed by atoms with Crippen LogP contribution in [-0.4, -0.2) is 33.3 Å². The van der Waals surface area contributed by atoms with Crippen molar-refractivity contribution in [1.82, 2.24) is 5.32 Å². The van der Waals surface area contributed by atoms with Crippen LogP contribution in [0.5, 0.6) is 17.2 Å². The van der Waals surface area contributed by atoms with Crippen molar-refractivity contribution in [2.75, 3.05) is 21.3 Å². The quantitative estimate of drug-likeness (QED) is 0.796. The minimum atomic E-state index is -0.165. The average Bonchev–Trinajstić information content (AvgIpc) is 2.43. The van der Waals surface area contributed by atoms with Crippen LogP contribution in [0.15, 0.2) is 12.1 Å². The van der Waals surface area contributed by atoms with Gasteiger partial charge in [0.25, 0.3) is 0 Å². The van der Waals surface area contributed by atoms with Crippen molar-refractivity contribution in [3.8, 4) is 17.2 Å². The number of nitrogens with one attached hydrogen (secondary N) is 1. The zero-order valence-corrected chi connectivity index (χ0v) is 13.6. The van der Waals surface area contributed by atoms with Gasteiger partial charge in [0, 0.05) is 30.6 Å². The first-order valence-corrected chi connectivity index (χ1v) is 6.33. The second-order valence-corrected chi connectivity index (χ2v) is 4.48. The number of carbonyl (C=O) groups excluding carboxylic acids is 1. The first-order valence-electron chi connectivity index (χ1n) is 6.33. The Bertz CT molecular complexity index is 467. The zero-order valence-electron chi connectivity index (χ0n) is 12.8. The van der Waals surface area contributed by atoms with Gasteiger partial charge in [0.05, 0.1) is 21.3 Å². The molecule has 3 N–H and O–H groups in total. The standard InChI is InChI=1S/C14H22N2O4.ClH/c1-9(15)5-14(17)16-8-10-6-12(19-3)13(20-4)7-11(10)18-2;/h6-7,9H,5,8,15H2,1-4H3,(H,16,17);1H. The van der Waals surface area contributed by atoms with Crippen LogP contribution < -0.4 is 25.3 Å². The molecular weight excluding hydrogens is 296 g/mol. The van der Waals surface area contributed by atoms with Crippen LogP contribution in [-0.2, 0) is 11.3 Å². The smallest absolute Gasteiger partial charge is 0.221 e. The highest BCUT2D eigenvalue weighted by Gasteiger charge is 2.13. The van der Waals surface area contributed by atoms with Crippen LogP contribution in [0.25, 0.3) is 0 Å². The maximum absolute atomic E-state index is 11.6. The number of carbonyl (C=O) groups is 1. The van der Waals surface area contributed by atoms with Gasteiger partial charge in [-0.25, -0.2) is 0 Å². The lowest BCUT2D eigenvalue weighted by Crippen LogP contribution is -2.29. The van der Waals surface area contributed by atoms with Crippen LogP contribution in [0.3, 0.4) is 0 Å². The Balaban J connectivity index is 0.00000400. The lowest BCUT2D eigenvalue weighted by molar-refractivity contribution is -0.121. The van der Waals surface area contributed by atoms with Crippen LogP contribution in [0, 0.1) is 0 Å². The molecule has 21 heavy (non-hydrogen) atoms. The van der Waals surface area contributed by atoms with E-state index in [9.17, 15) is 4.79 Å². The van der Waals surface area contributed by atoms with Crippen LogP contribution in [0.1, 0.15) is 18.9 Å². The van der Waals surface area contributed by atoms with Gasteiger partial charge in [-0.2, -0.15) is 0 Å². The third-order valence-corrected chi connectivity index (χ3v) is 2.77. The fourth-order valence-electron chi connectivity index (χ4n) is 1.79. The molecule has 1 atom stereocenters. The van der Waals surface area contributed by atoms with Gasteiger partial charge in [-0.15, -0.1) is 12.4 Å². The number of hydrogen-bond donors (Lipinski definition) is 2. The second kappa shape index (κ2) is 9.31. The summed E-state index contributed by atoms with van der Waals surface area (Å²) in [6, 6.07) is 3.35. The number of nitrogens with two attached hydrogens (primary N) is 1. The molecule has 1 aromatic rings. The second-order valence-electron chi connectivity index (χ2n) is 4.48. The Hall–Kier alpha value is -1.66. The van der Waals surface area contributed by atoms with E-state index in [4.69, 9.17) is 19.9 Å². The Morgan fingerprint density at radius 3 is 2.14 bits per heavy atom. The molecule has 1 amide bonds. The lowest BCUT2D eigenvalue weighted by atomic mass is 10.1. The third-order valence-electron chi connectivity index (χ3n) is 2.77. The largest absolute Gasteiger partial charge is 0.496 e. The van der Waals surface area contributed by atoms with Crippen LogP contribution >= 0.6 is 12.4 Å². The van der Waals surface area contributed by atoms with Gasteiger partial charge in [0.1, 0.15) is 5.75 Å². The molecule has 0 aliphatic heterocycles. The number of halogens is 1. The highest BCUT2D eigenvalue weighted by molar-refractivity contribution is 5.85. The Morgan fingerprint density at radius 2 is 1.67 bits per heavy atom. The normalized spacial score (nSPS) is 11.1. The summed E-state index contributed by atoms with van der Waals surface area (Å²) in [7, 11) is 4.68. The van der Waals surface area contributed by atoms with E-state index in [1.165, 1.54) is 0 Å². The van der Waals surface area contributed by atoms with E-state index >= 15 is 0 Å². The minimum absolute atomic E-state index is 0. The van der Waals surface area contributed by atoms with E-state index in [1.54, 1.807) is 40.4 Å². The van der Waals surface area contributed by atoms with Gasteiger partial charge in [-0.1, -0.05) is 0 Å². The van der Waals surface area contributed by atoms with E-state index in [1.807, 2.05) is 0 Å². The molecule has 0 aliphatic carbocycles. The maximum Gasteiger partial charge on any atom is 0.221 e. The van der Waals surface area contributed by atoms with E-state index in [-0.39, 0.29) is 30.8 Å². The van der Waals surface area contributed by atoms with Crippen molar-refractivity contribution in [2.24, 2.45) is 5.73 Å². The monoisotopic (exact) mass is 318 g/mol. The van der Waals surface area contributed by atoms with Crippen molar-refractivity contribution in [2.45, 2.75) is 25.9 Å². The molecule has 0 saturated carbocycles. The Kier molecular flexibility index (Phi) is 8.57.